The molecule has 1 N–H and O–H groups in total. The van der Waals surface area contributed by atoms with E-state index >= 15 is 0 Å². The van der Waals surface area contributed by atoms with Crippen LogP contribution in [-0.4, -0.2) is 15.7 Å². The summed E-state index contributed by atoms with van der Waals surface area (Å²) in [6.07, 6.45) is 0. The van der Waals surface area contributed by atoms with E-state index in [2.05, 4.69) is 10.4 Å². The minimum atomic E-state index is -0.537. The van der Waals surface area contributed by atoms with Crippen LogP contribution in [0.25, 0.3) is 11.3 Å². The van der Waals surface area contributed by atoms with Crippen LogP contribution in [-0.2, 0) is 11.3 Å². The highest BCUT2D eigenvalue weighted by molar-refractivity contribution is 5.90. The summed E-state index contributed by atoms with van der Waals surface area (Å²) < 4.78 is 14.6. The maximum absolute atomic E-state index is 13.6. The molecule has 0 atom stereocenters. The molecule has 0 aliphatic rings. The van der Waals surface area contributed by atoms with Gasteiger partial charge in [0.05, 0.1) is 11.4 Å². The van der Waals surface area contributed by atoms with E-state index in [0.29, 0.717) is 5.69 Å². The number of halogens is 1. The summed E-state index contributed by atoms with van der Waals surface area (Å²) in [5.41, 5.74) is 2.20. The highest BCUT2D eigenvalue weighted by Gasteiger charge is 2.10. The molecule has 0 unspecified atom stereocenters. The molecule has 2 aromatic carbocycles. The van der Waals surface area contributed by atoms with Crippen molar-refractivity contribution in [3.05, 3.63) is 82.4 Å². The van der Waals surface area contributed by atoms with E-state index < -0.39 is 17.3 Å². The largest absolute Gasteiger partial charge is 0.322 e. The van der Waals surface area contributed by atoms with E-state index in [9.17, 15) is 14.0 Å². The van der Waals surface area contributed by atoms with Gasteiger partial charge in [-0.15, -0.1) is 0 Å². The van der Waals surface area contributed by atoms with E-state index in [1.54, 1.807) is 12.1 Å². The third kappa shape index (κ3) is 3.98. The predicted octanol–water partition coefficient (Wildman–Crippen LogP) is 3.00. The molecular formula is C19H16FN3O2. The molecule has 5 nitrogen and oxygen atoms in total. The molecule has 25 heavy (non-hydrogen) atoms. The number of amides is 1. The van der Waals surface area contributed by atoms with Crippen LogP contribution in [0, 0.1) is 12.7 Å². The highest BCUT2D eigenvalue weighted by Crippen LogP contribution is 2.16. The molecule has 0 fully saturated rings. The van der Waals surface area contributed by atoms with Crippen LogP contribution in [0.5, 0.6) is 0 Å². The molecule has 0 radical (unpaired) electrons. The average Bonchev–Trinajstić information content (AvgIpc) is 2.60. The van der Waals surface area contributed by atoms with Gasteiger partial charge in [-0.1, -0.05) is 42.0 Å². The van der Waals surface area contributed by atoms with Crippen LogP contribution in [0.1, 0.15) is 5.56 Å². The van der Waals surface area contributed by atoms with Crippen LogP contribution in [0.2, 0.25) is 0 Å². The minimum Gasteiger partial charge on any atom is -0.322 e. The van der Waals surface area contributed by atoms with Gasteiger partial charge in [0.15, 0.2) is 0 Å². The van der Waals surface area contributed by atoms with Crippen molar-refractivity contribution in [1.29, 1.82) is 0 Å². The predicted molar refractivity (Wildman–Crippen MR) is 93.7 cm³/mol. The Morgan fingerprint density at radius 3 is 2.52 bits per heavy atom. The number of anilines is 1. The Morgan fingerprint density at radius 2 is 1.80 bits per heavy atom. The van der Waals surface area contributed by atoms with Gasteiger partial charge >= 0.3 is 0 Å². The minimum absolute atomic E-state index is 0.0650. The van der Waals surface area contributed by atoms with E-state index in [4.69, 9.17) is 0 Å². The van der Waals surface area contributed by atoms with E-state index in [0.717, 1.165) is 15.8 Å². The molecule has 0 saturated heterocycles. The first-order valence-electron chi connectivity index (χ1n) is 7.72. The number of rotatable bonds is 4. The number of hydrogen-bond acceptors (Lipinski definition) is 3. The van der Waals surface area contributed by atoms with Crippen molar-refractivity contribution in [3.8, 4) is 11.3 Å². The van der Waals surface area contributed by atoms with E-state index in [1.807, 2.05) is 31.2 Å². The van der Waals surface area contributed by atoms with Crippen molar-refractivity contribution >= 4 is 11.6 Å². The molecule has 3 rings (SSSR count). The Kier molecular flexibility index (Phi) is 4.70. The number of benzene rings is 2. The van der Waals surface area contributed by atoms with Crippen LogP contribution in [0.3, 0.4) is 0 Å². The van der Waals surface area contributed by atoms with Gasteiger partial charge in [-0.05, 0) is 25.1 Å². The summed E-state index contributed by atoms with van der Waals surface area (Å²) in [5, 5.41) is 6.66. The lowest BCUT2D eigenvalue weighted by molar-refractivity contribution is -0.117. The quantitative estimate of drug-likeness (QED) is 0.796. The molecule has 0 aliphatic carbocycles. The molecule has 0 bridgehead atoms. The topological polar surface area (TPSA) is 64.0 Å². The monoisotopic (exact) mass is 337 g/mol. The van der Waals surface area contributed by atoms with Crippen molar-refractivity contribution < 1.29 is 9.18 Å². The fraction of sp³-hybridized carbons (Fsp3) is 0.105. The van der Waals surface area contributed by atoms with Crippen molar-refractivity contribution in [3.63, 3.8) is 0 Å². The number of aryl methyl sites for hydroxylation is 1. The highest BCUT2D eigenvalue weighted by atomic mass is 19.1. The molecule has 0 saturated carbocycles. The van der Waals surface area contributed by atoms with Gasteiger partial charge in [0, 0.05) is 11.6 Å². The Bertz CT molecular complexity index is 965. The van der Waals surface area contributed by atoms with Gasteiger partial charge in [-0.2, -0.15) is 5.10 Å². The summed E-state index contributed by atoms with van der Waals surface area (Å²) in [7, 11) is 0. The second-order valence-corrected chi connectivity index (χ2v) is 5.61. The smallest absolute Gasteiger partial charge is 0.267 e. The summed E-state index contributed by atoms with van der Waals surface area (Å²) in [4.78, 5) is 24.1. The van der Waals surface area contributed by atoms with Crippen molar-refractivity contribution in [1.82, 2.24) is 9.78 Å². The van der Waals surface area contributed by atoms with Crippen LogP contribution in [0.15, 0.2) is 65.5 Å². The lowest BCUT2D eigenvalue weighted by Crippen LogP contribution is -2.29. The zero-order valence-electron chi connectivity index (χ0n) is 13.6. The average molecular weight is 337 g/mol. The molecule has 1 aromatic heterocycles. The number of hydrogen-bond donors (Lipinski definition) is 1. The van der Waals surface area contributed by atoms with Gasteiger partial charge in [-0.3, -0.25) is 9.59 Å². The number of nitrogens with one attached hydrogen (secondary N) is 1. The fourth-order valence-electron chi connectivity index (χ4n) is 2.33. The van der Waals surface area contributed by atoms with Crippen LogP contribution in [0.4, 0.5) is 10.1 Å². The van der Waals surface area contributed by atoms with Gasteiger partial charge in [-0.25, -0.2) is 9.07 Å². The first kappa shape index (κ1) is 16.6. The first-order chi connectivity index (χ1) is 12.0. The van der Waals surface area contributed by atoms with Gasteiger partial charge < -0.3 is 5.32 Å². The van der Waals surface area contributed by atoms with Crippen LogP contribution < -0.4 is 10.9 Å². The van der Waals surface area contributed by atoms with E-state index in [-0.39, 0.29) is 12.2 Å². The number of aromatic nitrogens is 2. The maximum Gasteiger partial charge on any atom is 0.267 e. The summed E-state index contributed by atoms with van der Waals surface area (Å²) >= 11 is 0. The van der Waals surface area contributed by atoms with Crippen molar-refractivity contribution in [2.24, 2.45) is 0 Å². The molecule has 3 aromatic rings. The van der Waals surface area contributed by atoms with E-state index in [1.165, 1.54) is 24.3 Å². The Morgan fingerprint density at radius 1 is 1.08 bits per heavy atom. The molecule has 1 amide bonds. The normalized spacial score (nSPS) is 10.5. The molecule has 126 valence electrons. The molecule has 0 aliphatic heterocycles. The Balaban J connectivity index is 1.81. The Labute approximate surface area is 143 Å². The number of carbonyl (C=O) groups excluding carboxylic acids is 1. The summed E-state index contributed by atoms with van der Waals surface area (Å²) in [5.74, 6) is -1.06. The third-order valence-electron chi connectivity index (χ3n) is 3.66. The number of nitrogens with zero attached hydrogens (tertiary/aromatic N) is 2. The van der Waals surface area contributed by atoms with Crippen LogP contribution >= 0.6 is 0 Å². The van der Waals surface area contributed by atoms with Gasteiger partial charge in [0.2, 0.25) is 5.91 Å². The zero-order chi connectivity index (χ0) is 17.8. The third-order valence-corrected chi connectivity index (χ3v) is 3.66. The Hall–Kier alpha value is -3.28. The van der Waals surface area contributed by atoms with Crippen molar-refractivity contribution in [2.75, 3.05) is 5.32 Å². The zero-order valence-corrected chi connectivity index (χ0v) is 13.6. The molecule has 0 spiro atoms. The second-order valence-electron chi connectivity index (χ2n) is 5.61. The number of carbonyl (C=O) groups is 1. The molecule has 1 heterocycles. The van der Waals surface area contributed by atoms with Gasteiger partial charge in [0.25, 0.3) is 5.56 Å². The summed E-state index contributed by atoms with van der Waals surface area (Å²) in [6, 6.07) is 16.5. The standard InChI is InChI=1S/C19H16FN3O2/c1-13-6-8-14(9-7-13)16-10-11-19(25)23(22-16)12-18(24)21-17-5-3-2-4-15(17)20/h2-11H,12H2,1H3,(H,21,24). The number of para-hydroxylation sites is 1. The molecular weight excluding hydrogens is 321 g/mol. The maximum atomic E-state index is 13.6. The second kappa shape index (κ2) is 7.09. The fourth-order valence-corrected chi connectivity index (χ4v) is 2.33. The lowest BCUT2D eigenvalue weighted by Gasteiger charge is -2.09. The van der Waals surface area contributed by atoms with Crippen molar-refractivity contribution in [2.45, 2.75) is 13.5 Å². The first-order valence-corrected chi connectivity index (χ1v) is 7.72. The van der Waals surface area contributed by atoms with Gasteiger partial charge in [0.1, 0.15) is 12.4 Å². The lowest BCUT2D eigenvalue weighted by atomic mass is 10.1. The summed E-state index contributed by atoms with van der Waals surface area (Å²) in [6.45, 7) is 1.68. The SMILES string of the molecule is Cc1ccc(-c2ccc(=O)n(CC(=O)Nc3ccccc3F)n2)cc1. The molecule has 6 heteroatoms.